The lowest BCUT2D eigenvalue weighted by Crippen LogP contribution is -2.54. The van der Waals surface area contributed by atoms with Crippen molar-refractivity contribution in [2.75, 3.05) is 31.1 Å². The number of ether oxygens (including phenoxy) is 1. The van der Waals surface area contributed by atoms with Crippen LogP contribution in [0.25, 0.3) is 0 Å². The molecule has 2 saturated heterocycles. The van der Waals surface area contributed by atoms with Crippen LogP contribution >= 0.6 is 0 Å². The van der Waals surface area contributed by atoms with Crippen molar-refractivity contribution in [1.82, 2.24) is 15.5 Å². The first-order valence-corrected chi connectivity index (χ1v) is 13.3. The molecule has 5 rings (SSSR count). The van der Waals surface area contributed by atoms with Gasteiger partial charge in [-0.05, 0) is 42.4 Å². The molecule has 3 heterocycles. The summed E-state index contributed by atoms with van der Waals surface area (Å²) in [6, 6.07) is 10.9. The Kier molecular flexibility index (Phi) is 7.66. The van der Waals surface area contributed by atoms with Crippen LogP contribution in [0, 0.1) is 11.2 Å². The first kappa shape index (κ1) is 27.4. The van der Waals surface area contributed by atoms with Crippen LogP contribution in [0.1, 0.15) is 58.9 Å². The summed E-state index contributed by atoms with van der Waals surface area (Å²) in [6.45, 7) is 3.81. The summed E-state index contributed by atoms with van der Waals surface area (Å²) >= 11 is 0. The molecule has 0 spiro atoms. The van der Waals surface area contributed by atoms with Gasteiger partial charge in [0.1, 0.15) is 18.5 Å². The number of carbonyl (C=O) groups is 5. The number of hydrogen-bond acceptors (Lipinski definition) is 7. The number of nitrogens with one attached hydrogen (secondary N) is 2. The maximum Gasteiger partial charge on any atom is 0.262 e. The summed E-state index contributed by atoms with van der Waals surface area (Å²) in [6.07, 6.45) is 1.39. The van der Waals surface area contributed by atoms with Gasteiger partial charge in [-0.2, -0.15) is 0 Å². The lowest BCUT2D eigenvalue weighted by Gasteiger charge is -2.40. The quantitative estimate of drug-likeness (QED) is 0.483. The lowest BCUT2D eigenvalue weighted by molar-refractivity contribution is -0.136. The third-order valence-corrected chi connectivity index (χ3v) is 7.88. The molecule has 2 aromatic carbocycles. The highest BCUT2D eigenvalue weighted by Crippen LogP contribution is 2.36. The van der Waals surface area contributed by atoms with Crippen molar-refractivity contribution in [3.63, 3.8) is 0 Å². The molecule has 2 aromatic rings. The Hall–Kier alpha value is -4.12. The van der Waals surface area contributed by atoms with Gasteiger partial charge in [0.25, 0.3) is 11.8 Å². The molecule has 3 aliphatic heterocycles. The number of imide groups is 2. The van der Waals surface area contributed by atoms with Gasteiger partial charge in [-0.15, -0.1) is 0 Å². The third-order valence-electron chi connectivity index (χ3n) is 7.88. The highest BCUT2D eigenvalue weighted by atomic mass is 19.1. The first-order chi connectivity index (χ1) is 19.1. The zero-order valence-electron chi connectivity index (χ0n) is 22.2. The maximum atomic E-state index is 15.2. The van der Waals surface area contributed by atoms with Gasteiger partial charge in [-0.1, -0.05) is 37.3 Å². The van der Waals surface area contributed by atoms with E-state index in [0.717, 1.165) is 16.5 Å². The zero-order chi connectivity index (χ0) is 28.4. The van der Waals surface area contributed by atoms with Gasteiger partial charge >= 0.3 is 0 Å². The van der Waals surface area contributed by atoms with Crippen LogP contribution in [0.4, 0.5) is 10.1 Å². The van der Waals surface area contributed by atoms with Crippen LogP contribution in [0.2, 0.25) is 0 Å². The summed E-state index contributed by atoms with van der Waals surface area (Å²) in [5, 5.41) is 5.08. The maximum absolute atomic E-state index is 15.2. The number of benzene rings is 2. The Morgan fingerprint density at radius 2 is 1.75 bits per heavy atom. The fourth-order valence-corrected chi connectivity index (χ4v) is 5.38. The zero-order valence-corrected chi connectivity index (χ0v) is 22.2. The Morgan fingerprint density at radius 1 is 1.07 bits per heavy atom. The molecule has 0 aliphatic carbocycles. The standard InChI is InChI=1S/C29H31FN4O6/c1-29(17-31-25(36)16-40-15-18-5-3-2-4-6-18)9-11-33(12-10-29)23-14-20-19(13-21(23)30)27(38)34(28(20)39)22-7-8-24(35)32-26(22)37/h2-6,13-14,22H,7-12,15-17H2,1H3,(H,31,36)(H,32,35,37). The minimum absolute atomic E-state index is 0.0110. The van der Waals surface area contributed by atoms with Gasteiger partial charge in [0.15, 0.2) is 0 Å². The topological polar surface area (TPSA) is 125 Å². The van der Waals surface area contributed by atoms with Gasteiger partial charge in [0.2, 0.25) is 17.7 Å². The molecule has 40 heavy (non-hydrogen) atoms. The van der Waals surface area contributed by atoms with Crippen molar-refractivity contribution < 1.29 is 33.1 Å². The van der Waals surface area contributed by atoms with Crippen molar-refractivity contribution >= 4 is 35.2 Å². The minimum Gasteiger partial charge on any atom is -0.369 e. The van der Waals surface area contributed by atoms with Gasteiger partial charge < -0.3 is 15.0 Å². The van der Waals surface area contributed by atoms with E-state index in [4.69, 9.17) is 4.74 Å². The lowest BCUT2D eigenvalue weighted by atomic mass is 9.80. The molecule has 1 unspecified atom stereocenters. The van der Waals surface area contributed by atoms with Gasteiger partial charge in [0.05, 0.1) is 23.4 Å². The second kappa shape index (κ2) is 11.2. The van der Waals surface area contributed by atoms with Gasteiger partial charge in [-0.25, -0.2) is 4.39 Å². The summed E-state index contributed by atoms with van der Waals surface area (Å²) in [5.41, 5.74) is 0.957. The van der Waals surface area contributed by atoms with Crippen molar-refractivity contribution in [2.24, 2.45) is 5.41 Å². The minimum atomic E-state index is -1.11. The number of anilines is 1. The number of rotatable bonds is 8. The number of nitrogens with zero attached hydrogens (tertiary/aromatic N) is 2. The van der Waals surface area contributed by atoms with Gasteiger partial charge in [0, 0.05) is 26.1 Å². The van der Waals surface area contributed by atoms with Gasteiger partial charge in [-0.3, -0.25) is 34.2 Å². The molecule has 0 saturated carbocycles. The largest absolute Gasteiger partial charge is 0.369 e. The van der Waals surface area contributed by atoms with Crippen LogP contribution in [0.5, 0.6) is 0 Å². The van der Waals surface area contributed by atoms with E-state index in [2.05, 4.69) is 17.6 Å². The van der Waals surface area contributed by atoms with Crippen molar-refractivity contribution in [1.29, 1.82) is 0 Å². The summed E-state index contributed by atoms with van der Waals surface area (Å²) in [4.78, 5) is 64.8. The van der Waals surface area contributed by atoms with E-state index >= 15 is 4.39 Å². The number of amides is 5. The van der Waals surface area contributed by atoms with Crippen LogP contribution in [0.3, 0.4) is 0 Å². The smallest absolute Gasteiger partial charge is 0.262 e. The van der Waals surface area contributed by atoms with E-state index in [1.54, 1.807) is 0 Å². The molecule has 2 N–H and O–H groups in total. The molecule has 3 aliphatic rings. The van der Waals surface area contributed by atoms with Crippen LogP contribution in [-0.2, 0) is 25.7 Å². The molecular formula is C29H31FN4O6. The second-order valence-corrected chi connectivity index (χ2v) is 10.8. The second-order valence-electron chi connectivity index (χ2n) is 10.8. The van der Waals surface area contributed by atoms with Crippen molar-refractivity contribution in [3.8, 4) is 0 Å². The SMILES string of the molecule is CC1(CNC(=O)COCc2ccccc2)CCN(c2cc3c(cc2F)C(=O)N(C2CCC(=O)NC2=O)C3=O)CC1. The number of hydrogen-bond donors (Lipinski definition) is 2. The Morgan fingerprint density at radius 3 is 2.42 bits per heavy atom. The molecule has 0 bridgehead atoms. The fourth-order valence-electron chi connectivity index (χ4n) is 5.38. The van der Waals surface area contributed by atoms with Crippen LogP contribution in [-0.4, -0.2) is 66.7 Å². The number of halogens is 1. The monoisotopic (exact) mass is 550 g/mol. The van der Waals surface area contributed by atoms with Crippen molar-refractivity contribution in [3.05, 3.63) is 65.0 Å². The molecule has 2 fully saturated rings. The van der Waals surface area contributed by atoms with E-state index in [9.17, 15) is 24.0 Å². The normalized spacial score (nSPS) is 20.4. The average molecular weight is 551 g/mol. The third kappa shape index (κ3) is 5.60. The summed E-state index contributed by atoms with van der Waals surface area (Å²) in [5.74, 6) is -3.41. The van der Waals surface area contributed by atoms with E-state index in [1.165, 1.54) is 6.07 Å². The number of fused-ring (bicyclic) bond motifs is 1. The highest BCUT2D eigenvalue weighted by molar-refractivity contribution is 6.23. The van der Waals surface area contributed by atoms with Crippen LogP contribution < -0.4 is 15.5 Å². The number of carbonyl (C=O) groups excluding carboxylic acids is 5. The van der Waals surface area contributed by atoms with E-state index in [-0.39, 0.29) is 47.6 Å². The molecule has 210 valence electrons. The van der Waals surface area contributed by atoms with Crippen LogP contribution in [0.15, 0.2) is 42.5 Å². The average Bonchev–Trinajstić information content (AvgIpc) is 3.17. The van der Waals surface area contributed by atoms with Crippen molar-refractivity contribution in [2.45, 2.75) is 45.3 Å². The predicted octanol–water partition coefficient (Wildman–Crippen LogP) is 2.17. The van der Waals surface area contributed by atoms with E-state index < -0.39 is 35.5 Å². The first-order valence-electron chi connectivity index (χ1n) is 13.3. The molecule has 0 aromatic heterocycles. The Labute approximate surface area is 230 Å². The Balaban J connectivity index is 1.17. The molecular weight excluding hydrogens is 519 g/mol. The Bertz CT molecular complexity index is 1360. The predicted molar refractivity (Wildman–Crippen MR) is 142 cm³/mol. The van der Waals surface area contributed by atoms with E-state index in [1.807, 2.05) is 35.2 Å². The highest BCUT2D eigenvalue weighted by Gasteiger charge is 2.45. The molecule has 0 radical (unpaired) electrons. The fraction of sp³-hybridized carbons (Fsp3) is 0.414. The molecule has 11 heteroatoms. The molecule has 10 nitrogen and oxygen atoms in total. The van der Waals surface area contributed by atoms with E-state index in [0.29, 0.717) is 39.1 Å². The number of piperidine rings is 2. The molecule has 1 atom stereocenters. The molecule has 5 amide bonds. The summed E-state index contributed by atoms with van der Waals surface area (Å²) < 4.78 is 20.7. The summed E-state index contributed by atoms with van der Waals surface area (Å²) in [7, 11) is 0.